The van der Waals surface area contributed by atoms with Gasteiger partial charge in [-0.25, -0.2) is 9.97 Å². The molecule has 4 rings (SSSR count). The highest BCUT2D eigenvalue weighted by Gasteiger charge is 2.47. The van der Waals surface area contributed by atoms with Crippen LogP contribution in [0.3, 0.4) is 0 Å². The van der Waals surface area contributed by atoms with Crippen molar-refractivity contribution in [3.8, 4) is 22.7 Å². The van der Waals surface area contributed by atoms with Crippen LogP contribution < -0.4 is 5.73 Å². The number of benzene rings is 1. The number of primary amides is 1. The van der Waals surface area contributed by atoms with Gasteiger partial charge in [-0.15, -0.1) is 0 Å². The number of rotatable bonds is 4. The van der Waals surface area contributed by atoms with Gasteiger partial charge in [0.05, 0.1) is 0 Å². The largest absolute Gasteiger partial charge is 0.374 e. The first-order chi connectivity index (χ1) is 13.4. The van der Waals surface area contributed by atoms with Gasteiger partial charge in [-0.1, -0.05) is 23.4 Å². The Morgan fingerprint density at radius 3 is 2.79 bits per heavy atom. The van der Waals surface area contributed by atoms with Crippen molar-refractivity contribution in [2.75, 3.05) is 13.6 Å². The van der Waals surface area contributed by atoms with Gasteiger partial charge in [0, 0.05) is 43.4 Å². The molecule has 28 heavy (non-hydrogen) atoms. The summed E-state index contributed by atoms with van der Waals surface area (Å²) in [5.74, 6) is -0.320. The molecule has 142 valence electrons. The van der Waals surface area contributed by atoms with Gasteiger partial charge in [-0.2, -0.15) is 0 Å². The Balaban J connectivity index is 1.68. The summed E-state index contributed by atoms with van der Waals surface area (Å²) in [6.45, 7) is 0.445. The Kier molecular flexibility index (Phi) is 4.16. The summed E-state index contributed by atoms with van der Waals surface area (Å²) >= 11 is 0. The van der Waals surface area contributed by atoms with Crippen molar-refractivity contribution in [3.63, 3.8) is 0 Å². The third kappa shape index (κ3) is 2.91. The molecule has 0 saturated carbocycles. The molecule has 1 atom stereocenters. The summed E-state index contributed by atoms with van der Waals surface area (Å²) in [6, 6.07) is 10.1. The zero-order valence-corrected chi connectivity index (χ0v) is 15.0. The van der Waals surface area contributed by atoms with Crippen LogP contribution in [0.1, 0.15) is 22.6 Å². The summed E-state index contributed by atoms with van der Waals surface area (Å²) in [6.07, 6.45) is 1.71. The highest BCUT2D eigenvalue weighted by Crippen LogP contribution is 2.34. The number of carbonyl (C=O) groups excluding carboxylic acids is 2. The number of aromatic nitrogens is 3. The maximum absolute atomic E-state index is 12.2. The second-order valence-electron chi connectivity index (χ2n) is 6.62. The summed E-state index contributed by atoms with van der Waals surface area (Å²) < 4.78 is 5.37. The number of hydrogen-bond acceptors (Lipinski definition) is 7. The minimum Gasteiger partial charge on any atom is -0.374 e. The standard InChI is InChI=1S/C19H17N5O4/c1-24-8-6-19(27,18(24)26)15-10-14(28-23-15)11-3-2-4-12(9-11)17-21-7-5-13(22-17)16(20)25/h2-5,7,9-10,27H,6,8H2,1H3,(H2,20,25). The summed E-state index contributed by atoms with van der Waals surface area (Å²) in [7, 11) is 1.63. The fraction of sp³-hybridized carbons (Fsp3) is 0.211. The monoisotopic (exact) mass is 379 g/mol. The average molecular weight is 379 g/mol. The summed E-state index contributed by atoms with van der Waals surface area (Å²) in [4.78, 5) is 33.4. The molecular formula is C19H17N5O4. The maximum atomic E-state index is 12.2. The van der Waals surface area contributed by atoms with Crippen molar-refractivity contribution in [2.24, 2.45) is 5.73 Å². The Morgan fingerprint density at radius 1 is 1.29 bits per heavy atom. The van der Waals surface area contributed by atoms with Crippen LogP contribution >= 0.6 is 0 Å². The minimum atomic E-state index is -1.67. The van der Waals surface area contributed by atoms with E-state index in [-0.39, 0.29) is 17.8 Å². The normalized spacial score (nSPS) is 19.2. The van der Waals surface area contributed by atoms with Crippen molar-refractivity contribution in [3.05, 3.63) is 54.0 Å². The fourth-order valence-electron chi connectivity index (χ4n) is 3.14. The smallest absolute Gasteiger partial charge is 0.267 e. The molecule has 1 aromatic carbocycles. The van der Waals surface area contributed by atoms with E-state index in [4.69, 9.17) is 10.3 Å². The molecule has 3 N–H and O–H groups in total. The number of carbonyl (C=O) groups is 2. The first-order valence-corrected chi connectivity index (χ1v) is 8.57. The number of hydrogen-bond donors (Lipinski definition) is 2. The highest BCUT2D eigenvalue weighted by molar-refractivity contribution is 5.91. The van der Waals surface area contributed by atoms with E-state index in [1.807, 2.05) is 0 Å². The molecular weight excluding hydrogens is 362 g/mol. The van der Waals surface area contributed by atoms with Crippen LogP contribution in [0.2, 0.25) is 0 Å². The van der Waals surface area contributed by atoms with Gasteiger partial charge >= 0.3 is 0 Å². The average Bonchev–Trinajstić information content (AvgIpc) is 3.31. The van der Waals surface area contributed by atoms with E-state index in [2.05, 4.69) is 15.1 Å². The zero-order valence-electron chi connectivity index (χ0n) is 15.0. The van der Waals surface area contributed by atoms with E-state index < -0.39 is 17.4 Å². The molecule has 1 fully saturated rings. The number of nitrogens with zero attached hydrogens (tertiary/aromatic N) is 4. The van der Waals surface area contributed by atoms with E-state index in [1.165, 1.54) is 17.2 Å². The van der Waals surface area contributed by atoms with Crippen molar-refractivity contribution in [1.29, 1.82) is 0 Å². The number of aliphatic hydroxyl groups is 1. The summed E-state index contributed by atoms with van der Waals surface area (Å²) in [5.41, 5.74) is 5.19. The quantitative estimate of drug-likeness (QED) is 0.689. The lowest BCUT2D eigenvalue weighted by Crippen LogP contribution is -2.36. The highest BCUT2D eigenvalue weighted by atomic mass is 16.5. The van der Waals surface area contributed by atoms with Gasteiger partial charge in [-0.05, 0) is 12.1 Å². The number of nitrogens with two attached hydrogens (primary N) is 1. The predicted molar refractivity (Wildman–Crippen MR) is 97.6 cm³/mol. The van der Waals surface area contributed by atoms with Crippen LogP contribution in [0.5, 0.6) is 0 Å². The molecule has 1 aliphatic rings. The Morgan fingerprint density at radius 2 is 2.07 bits per heavy atom. The van der Waals surface area contributed by atoms with Crippen LogP contribution in [-0.2, 0) is 10.4 Å². The predicted octanol–water partition coefficient (Wildman–Crippen LogP) is 0.947. The van der Waals surface area contributed by atoms with Gasteiger partial charge in [0.2, 0.25) is 0 Å². The van der Waals surface area contributed by atoms with Crippen LogP contribution in [0.4, 0.5) is 0 Å². The Labute approximate surface area is 159 Å². The first-order valence-electron chi connectivity index (χ1n) is 8.57. The fourth-order valence-corrected chi connectivity index (χ4v) is 3.14. The molecule has 9 nitrogen and oxygen atoms in total. The molecule has 3 heterocycles. The van der Waals surface area contributed by atoms with Crippen molar-refractivity contribution in [2.45, 2.75) is 12.0 Å². The third-order valence-corrected chi connectivity index (χ3v) is 4.76. The SMILES string of the molecule is CN1CCC(O)(c2cc(-c3cccc(-c4nccc(C(N)=O)n4)c3)on2)C1=O. The molecule has 1 saturated heterocycles. The Hall–Kier alpha value is -3.59. The van der Waals surface area contributed by atoms with Gasteiger partial charge in [0.25, 0.3) is 11.8 Å². The zero-order chi connectivity index (χ0) is 19.9. The van der Waals surface area contributed by atoms with Crippen molar-refractivity contribution < 1.29 is 19.2 Å². The van der Waals surface area contributed by atoms with Crippen LogP contribution in [0, 0.1) is 0 Å². The van der Waals surface area contributed by atoms with Gasteiger partial charge in [0.15, 0.2) is 17.2 Å². The number of likely N-dealkylation sites (tertiary alicyclic amines) is 1. The molecule has 0 bridgehead atoms. The van der Waals surface area contributed by atoms with E-state index in [9.17, 15) is 14.7 Å². The molecule has 0 spiro atoms. The second kappa shape index (κ2) is 6.54. The van der Waals surface area contributed by atoms with E-state index in [1.54, 1.807) is 37.4 Å². The lowest BCUT2D eigenvalue weighted by molar-refractivity contribution is -0.143. The van der Waals surface area contributed by atoms with Crippen molar-refractivity contribution in [1.82, 2.24) is 20.0 Å². The van der Waals surface area contributed by atoms with E-state index in [0.29, 0.717) is 29.3 Å². The first kappa shape index (κ1) is 17.8. The molecule has 0 radical (unpaired) electrons. The van der Waals surface area contributed by atoms with Gasteiger partial charge < -0.3 is 20.3 Å². The number of likely N-dealkylation sites (N-methyl/N-ethyl adjacent to an activating group) is 1. The molecule has 2 amide bonds. The molecule has 9 heteroatoms. The van der Waals surface area contributed by atoms with Crippen molar-refractivity contribution >= 4 is 11.8 Å². The van der Waals surface area contributed by atoms with Crippen LogP contribution in [0.15, 0.2) is 47.1 Å². The van der Waals surface area contributed by atoms with E-state index in [0.717, 1.165) is 0 Å². The minimum absolute atomic E-state index is 0.114. The lowest BCUT2D eigenvalue weighted by atomic mass is 9.97. The maximum Gasteiger partial charge on any atom is 0.267 e. The van der Waals surface area contributed by atoms with Crippen LogP contribution in [0.25, 0.3) is 22.7 Å². The molecule has 2 aromatic heterocycles. The molecule has 0 aliphatic carbocycles. The molecule has 3 aromatic rings. The second-order valence-corrected chi connectivity index (χ2v) is 6.62. The molecule has 1 aliphatic heterocycles. The number of amides is 2. The lowest BCUT2D eigenvalue weighted by Gasteiger charge is -2.16. The third-order valence-electron chi connectivity index (χ3n) is 4.76. The van der Waals surface area contributed by atoms with Gasteiger partial charge in [-0.3, -0.25) is 9.59 Å². The summed E-state index contributed by atoms with van der Waals surface area (Å²) in [5, 5.41) is 14.6. The van der Waals surface area contributed by atoms with E-state index >= 15 is 0 Å². The Bertz CT molecular complexity index is 1080. The topological polar surface area (TPSA) is 135 Å². The van der Waals surface area contributed by atoms with Gasteiger partial charge in [0.1, 0.15) is 11.4 Å². The van der Waals surface area contributed by atoms with Crippen LogP contribution in [-0.4, -0.2) is 50.5 Å². The molecule has 1 unspecified atom stereocenters.